The van der Waals surface area contributed by atoms with Crippen LogP contribution in [-0.2, 0) is 6.54 Å². The molecule has 3 aromatic carbocycles. The molecule has 162 valence electrons. The minimum absolute atomic E-state index is 0.102. The number of aromatic nitrogens is 2. The molecular weight excluding hydrogens is 466 g/mol. The first-order chi connectivity index (χ1) is 15.5. The Kier molecular flexibility index (Phi) is 6.51. The van der Waals surface area contributed by atoms with E-state index in [2.05, 4.69) is 15.9 Å². The van der Waals surface area contributed by atoms with E-state index in [1.165, 1.54) is 0 Å². The first-order valence-corrected chi connectivity index (χ1v) is 11.4. The second kappa shape index (κ2) is 9.49. The van der Waals surface area contributed by atoms with Crippen LogP contribution in [0.4, 0.5) is 0 Å². The van der Waals surface area contributed by atoms with Gasteiger partial charge in [0.15, 0.2) is 0 Å². The highest BCUT2D eigenvalue weighted by atomic mass is 79.9. The molecule has 0 saturated heterocycles. The second-order valence-corrected chi connectivity index (χ2v) is 8.56. The van der Waals surface area contributed by atoms with Crippen LogP contribution in [0.3, 0.4) is 0 Å². The Bertz CT molecular complexity index is 1320. The molecule has 6 heteroatoms. The number of amides is 1. The maximum Gasteiger partial charge on any atom is 0.261 e. The van der Waals surface area contributed by atoms with E-state index in [0.717, 1.165) is 10.0 Å². The van der Waals surface area contributed by atoms with Crippen LogP contribution in [0, 0.1) is 0 Å². The van der Waals surface area contributed by atoms with Crippen molar-refractivity contribution in [1.82, 2.24) is 14.5 Å². The molecule has 4 aromatic rings. The van der Waals surface area contributed by atoms with Gasteiger partial charge in [-0.05, 0) is 49.7 Å². The Morgan fingerprint density at radius 2 is 1.75 bits per heavy atom. The summed E-state index contributed by atoms with van der Waals surface area (Å²) >= 11 is 3.44. The molecule has 1 unspecified atom stereocenters. The predicted molar refractivity (Wildman–Crippen MR) is 131 cm³/mol. The smallest absolute Gasteiger partial charge is 0.261 e. The molecule has 0 spiro atoms. The topological polar surface area (TPSA) is 55.2 Å². The minimum atomic E-state index is -0.396. The third-order valence-electron chi connectivity index (χ3n) is 5.59. The molecule has 0 aliphatic carbocycles. The van der Waals surface area contributed by atoms with Gasteiger partial charge in [0.1, 0.15) is 5.82 Å². The highest BCUT2D eigenvalue weighted by Gasteiger charge is 2.26. The van der Waals surface area contributed by atoms with E-state index in [-0.39, 0.29) is 11.5 Å². The average molecular weight is 490 g/mol. The molecule has 0 aliphatic rings. The summed E-state index contributed by atoms with van der Waals surface area (Å²) in [7, 11) is 0. The fourth-order valence-electron chi connectivity index (χ4n) is 3.94. The van der Waals surface area contributed by atoms with Gasteiger partial charge in [-0.1, -0.05) is 64.5 Å². The molecule has 32 heavy (non-hydrogen) atoms. The summed E-state index contributed by atoms with van der Waals surface area (Å²) in [6.07, 6.45) is 0. The number of rotatable bonds is 6. The quantitative estimate of drug-likeness (QED) is 0.362. The third-order valence-corrected chi connectivity index (χ3v) is 6.08. The second-order valence-electron chi connectivity index (χ2n) is 7.64. The Hall–Kier alpha value is -3.25. The summed E-state index contributed by atoms with van der Waals surface area (Å²) < 4.78 is 2.54. The van der Waals surface area contributed by atoms with E-state index < -0.39 is 6.04 Å². The van der Waals surface area contributed by atoms with Gasteiger partial charge in [-0.15, -0.1) is 0 Å². The van der Waals surface area contributed by atoms with Crippen LogP contribution in [0.15, 0.2) is 88.1 Å². The number of hydrogen-bond acceptors (Lipinski definition) is 3. The zero-order chi connectivity index (χ0) is 22.7. The zero-order valence-corrected chi connectivity index (χ0v) is 19.6. The standard InChI is InChI=1S/C26H24BrN3O2/c1-3-29(25(31)20-12-9-13-21(27)16-20)18(2)24-28-23-15-8-7-14-22(23)26(32)30(24)17-19-10-5-4-6-11-19/h4-16,18H,3,17H2,1-2H3. The Labute approximate surface area is 195 Å². The molecule has 1 amide bonds. The van der Waals surface area contributed by atoms with Gasteiger partial charge in [0.25, 0.3) is 11.5 Å². The number of fused-ring (bicyclic) bond motifs is 1. The Balaban J connectivity index is 1.83. The molecule has 1 atom stereocenters. The lowest BCUT2D eigenvalue weighted by Gasteiger charge is -2.29. The molecule has 0 aliphatic heterocycles. The lowest BCUT2D eigenvalue weighted by atomic mass is 10.1. The van der Waals surface area contributed by atoms with Crippen LogP contribution < -0.4 is 5.56 Å². The number of para-hydroxylation sites is 1. The lowest BCUT2D eigenvalue weighted by molar-refractivity contribution is 0.0691. The largest absolute Gasteiger partial charge is 0.329 e. The van der Waals surface area contributed by atoms with Gasteiger partial charge < -0.3 is 4.90 Å². The summed E-state index contributed by atoms with van der Waals surface area (Å²) in [4.78, 5) is 33.4. The van der Waals surface area contributed by atoms with Crippen molar-refractivity contribution in [2.45, 2.75) is 26.4 Å². The highest BCUT2D eigenvalue weighted by molar-refractivity contribution is 9.10. The highest BCUT2D eigenvalue weighted by Crippen LogP contribution is 2.23. The number of carbonyl (C=O) groups excluding carboxylic acids is 1. The number of halogens is 1. The zero-order valence-electron chi connectivity index (χ0n) is 18.0. The fraction of sp³-hybridized carbons (Fsp3) is 0.192. The molecular formula is C26H24BrN3O2. The molecule has 0 bridgehead atoms. The van der Waals surface area contributed by atoms with Gasteiger partial charge in [0, 0.05) is 16.6 Å². The summed E-state index contributed by atoms with van der Waals surface area (Å²) in [5, 5.41) is 0.570. The molecule has 1 heterocycles. The van der Waals surface area contributed by atoms with E-state index >= 15 is 0 Å². The predicted octanol–water partition coefficient (Wildman–Crippen LogP) is 5.43. The third kappa shape index (κ3) is 4.36. The molecule has 5 nitrogen and oxygen atoms in total. The Morgan fingerprint density at radius 3 is 2.47 bits per heavy atom. The number of hydrogen-bond donors (Lipinski definition) is 0. The maximum atomic E-state index is 13.5. The van der Waals surface area contributed by atoms with Crippen molar-refractivity contribution in [3.63, 3.8) is 0 Å². The van der Waals surface area contributed by atoms with Gasteiger partial charge in [0.2, 0.25) is 0 Å². The van der Waals surface area contributed by atoms with Gasteiger partial charge in [-0.25, -0.2) is 4.98 Å². The van der Waals surface area contributed by atoms with Crippen molar-refractivity contribution in [2.24, 2.45) is 0 Å². The van der Waals surface area contributed by atoms with Crippen LogP contribution >= 0.6 is 15.9 Å². The van der Waals surface area contributed by atoms with Crippen LogP contribution in [0.25, 0.3) is 10.9 Å². The van der Waals surface area contributed by atoms with Crippen molar-refractivity contribution in [3.05, 3.63) is 111 Å². The molecule has 0 fully saturated rings. The van der Waals surface area contributed by atoms with Gasteiger partial charge in [0.05, 0.1) is 23.5 Å². The summed E-state index contributed by atoms with van der Waals surface area (Å²) in [5.74, 6) is 0.470. The number of nitrogens with zero attached hydrogens (tertiary/aromatic N) is 3. The lowest BCUT2D eigenvalue weighted by Crippen LogP contribution is -2.38. The van der Waals surface area contributed by atoms with Crippen LogP contribution in [0.1, 0.15) is 41.6 Å². The first-order valence-electron chi connectivity index (χ1n) is 10.6. The first kappa shape index (κ1) is 22.0. The average Bonchev–Trinajstić information content (AvgIpc) is 2.81. The van der Waals surface area contributed by atoms with Gasteiger partial charge >= 0.3 is 0 Å². The van der Waals surface area contributed by atoms with Crippen molar-refractivity contribution in [3.8, 4) is 0 Å². The monoisotopic (exact) mass is 489 g/mol. The van der Waals surface area contributed by atoms with Crippen molar-refractivity contribution >= 4 is 32.7 Å². The Morgan fingerprint density at radius 1 is 1.03 bits per heavy atom. The van der Waals surface area contributed by atoms with E-state index in [1.54, 1.807) is 21.6 Å². The van der Waals surface area contributed by atoms with E-state index in [1.807, 2.05) is 80.6 Å². The van der Waals surface area contributed by atoms with Crippen LogP contribution in [0.5, 0.6) is 0 Å². The molecule has 0 saturated carbocycles. The SMILES string of the molecule is CCN(C(=O)c1cccc(Br)c1)C(C)c1nc2ccccc2c(=O)n1Cc1ccccc1. The van der Waals surface area contributed by atoms with Crippen LogP contribution in [0.2, 0.25) is 0 Å². The summed E-state index contributed by atoms with van der Waals surface area (Å²) in [5.41, 5.74) is 2.12. The number of carbonyl (C=O) groups is 1. The van der Waals surface area contributed by atoms with E-state index in [4.69, 9.17) is 4.98 Å². The summed E-state index contributed by atoms with van der Waals surface area (Å²) in [6.45, 7) is 4.74. The molecule has 0 N–H and O–H groups in total. The molecule has 1 aromatic heterocycles. The molecule has 4 rings (SSSR count). The van der Waals surface area contributed by atoms with Crippen molar-refractivity contribution in [1.29, 1.82) is 0 Å². The maximum absolute atomic E-state index is 13.5. The molecule has 0 radical (unpaired) electrons. The number of benzene rings is 3. The van der Waals surface area contributed by atoms with Gasteiger partial charge in [-0.2, -0.15) is 0 Å². The minimum Gasteiger partial charge on any atom is -0.329 e. The van der Waals surface area contributed by atoms with E-state index in [9.17, 15) is 9.59 Å². The fourth-order valence-corrected chi connectivity index (χ4v) is 4.34. The van der Waals surface area contributed by atoms with Crippen LogP contribution in [-0.4, -0.2) is 26.9 Å². The normalized spacial score (nSPS) is 12.0. The van der Waals surface area contributed by atoms with Crippen molar-refractivity contribution in [2.75, 3.05) is 6.54 Å². The van der Waals surface area contributed by atoms with E-state index in [0.29, 0.717) is 35.4 Å². The van der Waals surface area contributed by atoms with Crippen molar-refractivity contribution < 1.29 is 4.79 Å². The van der Waals surface area contributed by atoms with Gasteiger partial charge in [-0.3, -0.25) is 14.2 Å². The summed E-state index contributed by atoms with van der Waals surface area (Å²) in [6, 6.07) is 24.1.